The molecule has 146 valence electrons. The fraction of sp³-hybridized carbons (Fsp3) is 0.381. The van der Waals surface area contributed by atoms with Gasteiger partial charge in [-0.25, -0.2) is 9.78 Å². The van der Waals surface area contributed by atoms with E-state index in [-0.39, 0.29) is 11.7 Å². The third-order valence-electron chi connectivity index (χ3n) is 4.86. The van der Waals surface area contributed by atoms with E-state index in [1.54, 1.807) is 24.0 Å². The van der Waals surface area contributed by atoms with E-state index in [1.165, 1.54) is 11.3 Å². The second-order valence-corrected chi connectivity index (χ2v) is 7.97. The molecule has 3 aromatic rings. The number of hydrogen-bond acceptors (Lipinski definition) is 6. The number of carbonyl (C=O) groups excluding carboxylic acids is 2. The van der Waals surface area contributed by atoms with Gasteiger partial charge in [-0.1, -0.05) is 25.0 Å². The Bertz CT molecular complexity index is 952. The van der Waals surface area contributed by atoms with E-state index in [4.69, 9.17) is 9.15 Å². The first-order valence-electron chi connectivity index (χ1n) is 9.57. The number of carbonyl (C=O) groups is 2. The number of ether oxygens (including phenoxy) is 1. The lowest BCUT2D eigenvalue weighted by Gasteiger charge is -2.23. The van der Waals surface area contributed by atoms with Crippen molar-refractivity contribution in [1.82, 2.24) is 9.88 Å². The number of amides is 1. The molecule has 0 N–H and O–H groups in total. The monoisotopic (exact) mass is 398 g/mol. The number of para-hydroxylation sites is 1. The minimum Gasteiger partial charge on any atom is -0.447 e. The molecule has 0 saturated carbocycles. The van der Waals surface area contributed by atoms with Crippen molar-refractivity contribution in [3.63, 3.8) is 0 Å². The minimum absolute atomic E-state index is 0.0739. The Morgan fingerprint density at radius 3 is 2.61 bits per heavy atom. The van der Waals surface area contributed by atoms with E-state index in [0.717, 1.165) is 49.0 Å². The van der Waals surface area contributed by atoms with Gasteiger partial charge in [0.15, 0.2) is 16.9 Å². The maximum atomic E-state index is 12.6. The lowest BCUT2D eigenvalue weighted by molar-refractivity contribution is -0.139. The second kappa shape index (κ2) is 8.14. The largest absolute Gasteiger partial charge is 0.447 e. The zero-order chi connectivity index (χ0) is 19.5. The summed E-state index contributed by atoms with van der Waals surface area (Å²) in [5, 5.41) is 0.703. The van der Waals surface area contributed by atoms with Crippen LogP contribution in [0.25, 0.3) is 21.0 Å². The molecule has 2 aromatic heterocycles. The molecule has 6 nitrogen and oxygen atoms in total. The van der Waals surface area contributed by atoms with Gasteiger partial charge in [0, 0.05) is 13.1 Å². The molecule has 1 aliphatic rings. The number of hydrogen-bond donors (Lipinski definition) is 0. The lowest BCUT2D eigenvalue weighted by atomic mass is 10.2. The summed E-state index contributed by atoms with van der Waals surface area (Å²) < 4.78 is 12.1. The molecule has 0 bridgehead atoms. The molecule has 3 heterocycles. The van der Waals surface area contributed by atoms with Gasteiger partial charge in [0.1, 0.15) is 0 Å². The van der Waals surface area contributed by atoms with Crippen molar-refractivity contribution >= 4 is 33.4 Å². The van der Waals surface area contributed by atoms with E-state index in [0.29, 0.717) is 10.8 Å². The van der Waals surface area contributed by atoms with Crippen LogP contribution in [0, 0.1) is 0 Å². The van der Waals surface area contributed by atoms with Gasteiger partial charge in [0.2, 0.25) is 5.76 Å². The van der Waals surface area contributed by atoms with E-state index >= 15 is 0 Å². The fourth-order valence-corrected chi connectivity index (χ4v) is 4.28. The molecule has 28 heavy (non-hydrogen) atoms. The van der Waals surface area contributed by atoms with E-state index in [9.17, 15) is 9.59 Å². The number of rotatable bonds is 4. The van der Waals surface area contributed by atoms with Gasteiger partial charge in [-0.15, -0.1) is 11.3 Å². The topological polar surface area (TPSA) is 72.6 Å². The van der Waals surface area contributed by atoms with Crippen LogP contribution in [0.1, 0.15) is 43.2 Å². The number of likely N-dealkylation sites (tertiary alicyclic amines) is 1. The fourth-order valence-electron chi connectivity index (χ4n) is 3.36. The molecular weight excluding hydrogens is 376 g/mol. The van der Waals surface area contributed by atoms with Crippen molar-refractivity contribution in [3.05, 3.63) is 42.2 Å². The SMILES string of the molecule is C[C@H](OC(=O)c1ccc(-c2nc3ccccc3s2)o1)C(=O)N1CCCCCC1. The van der Waals surface area contributed by atoms with Crippen LogP contribution in [-0.4, -0.2) is 41.0 Å². The van der Waals surface area contributed by atoms with Gasteiger partial charge in [0.25, 0.3) is 5.91 Å². The summed E-state index contributed by atoms with van der Waals surface area (Å²) in [6.07, 6.45) is 3.44. The van der Waals surface area contributed by atoms with Crippen molar-refractivity contribution in [1.29, 1.82) is 0 Å². The van der Waals surface area contributed by atoms with Crippen molar-refractivity contribution < 1.29 is 18.7 Å². The van der Waals surface area contributed by atoms with E-state index in [2.05, 4.69) is 4.98 Å². The minimum atomic E-state index is -0.832. The van der Waals surface area contributed by atoms with Crippen molar-refractivity contribution in [2.45, 2.75) is 38.7 Å². The summed E-state index contributed by atoms with van der Waals surface area (Å²) in [6, 6.07) is 11.1. The highest BCUT2D eigenvalue weighted by atomic mass is 32.1. The van der Waals surface area contributed by atoms with Gasteiger partial charge in [-0.3, -0.25) is 4.79 Å². The molecular formula is C21H22N2O4S. The van der Waals surface area contributed by atoms with E-state index in [1.807, 2.05) is 24.3 Å². The molecule has 0 aliphatic carbocycles. The molecule has 4 rings (SSSR count). The summed E-state index contributed by atoms with van der Waals surface area (Å²) in [4.78, 5) is 31.3. The number of esters is 1. The Hall–Kier alpha value is -2.67. The first-order valence-corrected chi connectivity index (χ1v) is 10.4. The van der Waals surface area contributed by atoms with Crippen LogP contribution in [0.4, 0.5) is 0 Å². The van der Waals surface area contributed by atoms with Crippen molar-refractivity contribution in [2.75, 3.05) is 13.1 Å². The molecule has 1 amide bonds. The highest BCUT2D eigenvalue weighted by Gasteiger charge is 2.26. The van der Waals surface area contributed by atoms with E-state index < -0.39 is 12.1 Å². The van der Waals surface area contributed by atoms with Gasteiger partial charge >= 0.3 is 5.97 Å². The number of furan rings is 1. The number of aromatic nitrogens is 1. The highest BCUT2D eigenvalue weighted by molar-refractivity contribution is 7.21. The zero-order valence-electron chi connectivity index (χ0n) is 15.7. The molecule has 1 saturated heterocycles. The first-order chi connectivity index (χ1) is 13.6. The van der Waals surface area contributed by atoms with Gasteiger partial charge in [0.05, 0.1) is 10.2 Å². The normalized spacial score (nSPS) is 16.0. The number of fused-ring (bicyclic) bond motifs is 1. The Morgan fingerprint density at radius 2 is 1.86 bits per heavy atom. The number of nitrogens with zero attached hydrogens (tertiary/aromatic N) is 2. The molecule has 1 atom stereocenters. The van der Waals surface area contributed by atoms with Gasteiger partial charge in [-0.2, -0.15) is 0 Å². The third-order valence-corrected chi connectivity index (χ3v) is 5.91. The molecule has 1 aromatic carbocycles. The summed E-state index contributed by atoms with van der Waals surface area (Å²) in [7, 11) is 0. The average Bonchev–Trinajstić information content (AvgIpc) is 3.27. The quantitative estimate of drug-likeness (QED) is 0.605. The summed E-state index contributed by atoms with van der Waals surface area (Å²) in [5.74, 6) is -0.194. The third kappa shape index (κ3) is 3.94. The Labute approximate surface area is 167 Å². The van der Waals surface area contributed by atoms with Crippen LogP contribution in [0.5, 0.6) is 0 Å². The predicted octanol–water partition coefficient (Wildman–Crippen LogP) is 4.50. The van der Waals surface area contributed by atoms with Gasteiger partial charge < -0.3 is 14.1 Å². The van der Waals surface area contributed by atoms with Crippen LogP contribution >= 0.6 is 11.3 Å². The van der Waals surface area contributed by atoms with Crippen molar-refractivity contribution in [3.8, 4) is 10.8 Å². The maximum absolute atomic E-state index is 12.6. The van der Waals surface area contributed by atoms with Crippen LogP contribution in [0.15, 0.2) is 40.8 Å². The second-order valence-electron chi connectivity index (χ2n) is 6.94. The average molecular weight is 398 g/mol. The number of thiazole rings is 1. The molecule has 1 fully saturated rings. The highest BCUT2D eigenvalue weighted by Crippen LogP contribution is 2.31. The molecule has 7 heteroatoms. The summed E-state index contributed by atoms with van der Waals surface area (Å²) >= 11 is 1.50. The van der Waals surface area contributed by atoms with Crippen LogP contribution in [0.3, 0.4) is 0 Å². The Kier molecular flexibility index (Phi) is 5.43. The maximum Gasteiger partial charge on any atom is 0.375 e. The Balaban J connectivity index is 1.43. The molecule has 1 aliphatic heterocycles. The standard InChI is InChI=1S/C21H22N2O4S/c1-14(20(24)23-12-6-2-3-7-13-23)26-21(25)17-11-10-16(27-17)19-22-15-8-4-5-9-18(15)28-19/h4-5,8-11,14H,2-3,6-7,12-13H2,1H3/t14-/m0/s1. The van der Waals surface area contributed by atoms with Crippen molar-refractivity contribution in [2.24, 2.45) is 0 Å². The number of benzene rings is 1. The lowest BCUT2D eigenvalue weighted by Crippen LogP contribution is -2.40. The summed E-state index contributed by atoms with van der Waals surface area (Å²) in [5.41, 5.74) is 0.889. The molecule has 0 spiro atoms. The van der Waals surface area contributed by atoms with Crippen LogP contribution in [-0.2, 0) is 9.53 Å². The smallest absolute Gasteiger partial charge is 0.375 e. The molecule has 0 unspecified atom stereocenters. The Morgan fingerprint density at radius 1 is 1.11 bits per heavy atom. The first kappa shape index (κ1) is 18.7. The molecule has 0 radical (unpaired) electrons. The van der Waals surface area contributed by atoms with Crippen LogP contribution < -0.4 is 0 Å². The predicted molar refractivity (Wildman–Crippen MR) is 107 cm³/mol. The summed E-state index contributed by atoms with van der Waals surface area (Å²) in [6.45, 7) is 3.06. The van der Waals surface area contributed by atoms with Crippen LogP contribution in [0.2, 0.25) is 0 Å². The zero-order valence-corrected chi connectivity index (χ0v) is 16.5. The van der Waals surface area contributed by atoms with Gasteiger partial charge in [-0.05, 0) is 44.0 Å².